The van der Waals surface area contributed by atoms with Crippen LogP contribution >= 0.6 is 7.75 Å². The van der Waals surface area contributed by atoms with Crippen molar-refractivity contribution in [2.75, 3.05) is 0 Å². The highest BCUT2D eigenvalue weighted by atomic mass is 31.2. The minimum atomic E-state index is -4.40. The van der Waals surface area contributed by atoms with Crippen molar-refractivity contribution in [2.24, 2.45) is 0 Å². The first kappa shape index (κ1) is 9.05. The maximum Gasteiger partial charge on any atom is 0.453 e. The molecule has 0 aliphatic heterocycles. The summed E-state index contributed by atoms with van der Waals surface area (Å²) in [4.78, 5) is 17.4. The van der Waals surface area contributed by atoms with Crippen LogP contribution in [-0.4, -0.2) is 29.8 Å². The van der Waals surface area contributed by atoms with Gasteiger partial charge in [0.2, 0.25) is 0 Å². The van der Waals surface area contributed by atoms with Crippen molar-refractivity contribution in [2.45, 2.75) is 6.42 Å². The van der Waals surface area contributed by atoms with Gasteiger partial charge in [-0.2, -0.15) is 0 Å². The molecule has 66 valence electrons. The summed E-state index contributed by atoms with van der Waals surface area (Å²) in [6.45, 7) is 3.40. The smallest absolute Gasteiger partial charge is 0.307 e. The normalized spacial score (nSPS) is 11.5. The Morgan fingerprint density at radius 1 is 1.67 bits per heavy atom. The highest BCUT2D eigenvalue weighted by Crippen LogP contribution is 2.35. The lowest BCUT2D eigenvalue weighted by molar-refractivity contribution is 0.352. The molecule has 1 rings (SSSR count). The van der Waals surface area contributed by atoms with Crippen molar-refractivity contribution in [3.05, 3.63) is 18.5 Å². The highest BCUT2D eigenvalue weighted by Gasteiger charge is 2.22. The van der Waals surface area contributed by atoms with Crippen LogP contribution in [0.3, 0.4) is 0 Å². The van der Waals surface area contributed by atoms with E-state index in [1.165, 1.54) is 6.08 Å². The van der Waals surface area contributed by atoms with Crippen molar-refractivity contribution in [3.8, 4) is 0 Å². The molecule has 7 nitrogen and oxygen atoms in total. The van der Waals surface area contributed by atoms with Gasteiger partial charge in [0.05, 0.1) is 0 Å². The van der Waals surface area contributed by atoms with Crippen LogP contribution < -0.4 is 0 Å². The molecule has 0 aliphatic carbocycles. The van der Waals surface area contributed by atoms with Gasteiger partial charge in [-0.1, -0.05) is 6.08 Å². The van der Waals surface area contributed by atoms with Crippen molar-refractivity contribution in [1.82, 2.24) is 20.0 Å². The lowest BCUT2D eigenvalue weighted by atomic mass is 10.4. The third-order valence-corrected chi connectivity index (χ3v) is 1.89. The molecular formula is C4H7N4O3P. The molecular weight excluding hydrogens is 183 g/mol. The van der Waals surface area contributed by atoms with Crippen LogP contribution in [0, 0.1) is 0 Å². The predicted octanol–water partition coefficient (Wildman–Crippen LogP) is -0.658. The predicted molar refractivity (Wildman–Crippen MR) is 39.2 cm³/mol. The van der Waals surface area contributed by atoms with Crippen molar-refractivity contribution in [1.29, 1.82) is 0 Å². The zero-order valence-corrected chi connectivity index (χ0v) is 6.92. The first-order valence-corrected chi connectivity index (χ1v) is 4.56. The Kier molecular flexibility index (Phi) is 2.37. The summed E-state index contributed by atoms with van der Waals surface area (Å²) in [5, 5.41) is 9.69. The molecule has 0 aromatic carbocycles. The number of rotatable bonds is 3. The van der Waals surface area contributed by atoms with Gasteiger partial charge < -0.3 is 9.79 Å². The van der Waals surface area contributed by atoms with Gasteiger partial charge >= 0.3 is 7.75 Å². The molecule has 0 amide bonds. The van der Waals surface area contributed by atoms with E-state index in [2.05, 4.69) is 22.1 Å². The summed E-state index contributed by atoms with van der Waals surface area (Å²) >= 11 is 0. The second-order valence-corrected chi connectivity index (χ2v) is 3.40. The number of allylic oxidation sites excluding steroid dienone is 1. The molecule has 0 fully saturated rings. The van der Waals surface area contributed by atoms with Crippen LogP contribution in [0.5, 0.6) is 0 Å². The van der Waals surface area contributed by atoms with Crippen molar-refractivity contribution in [3.63, 3.8) is 0 Å². The fourth-order valence-corrected chi connectivity index (χ4v) is 1.22. The van der Waals surface area contributed by atoms with E-state index in [9.17, 15) is 4.57 Å². The number of hydrogen-bond donors (Lipinski definition) is 2. The fourth-order valence-electron chi connectivity index (χ4n) is 0.655. The maximum absolute atomic E-state index is 10.7. The van der Waals surface area contributed by atoms with Gasteiger partial charge in [0.25, 0.3) is 0 Å². The van der Waals surface area contributed by atoms with Gasteiger partial charge in [-0.05, 0) is 10.4 Å². The standard InChI is InChI=1S/C4H7N4O3P/c1-2-3-4-5-6-7-8(4)12(9,10)11/h2H,1,3H2,(H2,9,10,11). The summed E-state index contributed by atoms with van der Waals surface area (Å²) in [5.41, 5.74) is 0. The average molecular weight is 190 g/mol. The largest absolute Gasteiger partial charge is 0.453 e. The Bertz CT molecular complexity index is 329. The molecule has 0 spiro atoms. The first-order chi connectivity index (χ1) is 5.55. The van der Waals surface area contributed by atoms with E-state index in [0.29, 0.717) is 4.45 Å². The third kappa shape index (κ3) is 1.76. The summed E-state index contributed by atoms with van der Waals surface area (Å²) in [5.74, 6) is 0.0957. The summed E-state index contributed by atoms with van der Waals surface area (Å²) < 4.78 is 11.2. The van der Waals surface area contributed by atoms with E-state index in [0.717, 1.165) is 0 Å². The van der Waals surface area contributed by atoms with Crippen LogP contribution in [0.4, 0.5) is 0 Å². The zero-order valence-electron chi connectivity index (χ0n) is 6.03. The van der Waals surface area contributed by atoms with Crippen LogP contribution in [0.1, 0.15) is 5.82 Å². The molecule has 1 aromatic rings. The molecule has 0 aliphatic rings. The molecule has 0 bridgehead atoms. The number of hydrogen-bond acceptors (Lipinski definition) is 4. The molecule has 0 atom stereocenters. The van der Waals surface area contributed by atoms with Crippen molar-refractivity contribution < 1.29 is 14.4 Å². The lowest BCUT2D eigenvalue weighted by Gasteiger charge is -2.02. The van der Waals surface area contributed by atoms with Crippen LogP contribution in [0.25, 0.3) is 0 Å². The third-order valence-electron chi connectivity index (χ3n) is 1.09. The Morgan fingerprint density at radius 2 is 2.33 bits per heavy atom. The number of tetrazole rings is 1. The van der Waals surface area contributed by atoms with E-state index in [-0.39, 0.29) is 12.2 Å². The van der Waals surface area contributed by atoms with Crippen LogP contribution in [0.2, 0.25) is 0 Å². The van der Waals surface area contributed by atoms with Gasteiger partial charge in [0.15, 0.2) is 5.82 Å². The summed E-state index contributed by atoms with van der Waals surface area (Å²) in [6, 6.07) is 0. The Balaban J connectivity index is 3.07. The van der Waals surface area contributed by atoms with Gasteiger partial charge in [0, 0.05) is 6.42 Å². The zero-order chi connectivity index (χ0) is 9.19. The molecule has 8 heteroatoms. The van der Waals surface area contributed by atoms with E-state index in [4.69, 9.17) is 9.79 Å². The topological polar surface area (TPSA) is 101 Å². The highest BCUT2D eigenvalue weighted by molar-refractivity contribution is 7.49. The lowest BCUT2D eigenvalue weighted by Crippen LogP contribution is -2.02. The van der Waals surface area contributed by atoms with E-state index < -0.39 is 7.75 Å². The van der Waals surface area contributed by atoms with E-state index >= 15 is 0 Å². The second kappa shape index (κ2) is 3.14. The van der Waals surface area contributed by atoms with E-state index in [1.54, 1.807) is 0 Å². The minimum absolute atomic E-state index is 0.0957. The molecule has 0 unspecified atom stereocenters. The van der Waals surface area contributed by atoms with Gasteiger partial charge in [-0.3, -0.25) is 0 Å². The quantitative estimate of drug-likeness (QED) is 0.484. The van der Waals surface area contributed by atoms with Crippen LogP contribution in [0.15, 0.2) is 12.7 Å². The molecule has 0 saturated carbocycles. The molecule has 2 N–H and O–H groups in total. The molecule has 1 aromatic heterocycles. The Morgan fingerprint density at radius 3 is 2.83 bits per heavy atom. The summed E-state index contributed by atoms with van der Waals surface area (Å²) in [7, 11) is -4.40. The van der Waals surface area contributed by atoms with Crippen LogP contribution in [-0.2, 0) is 11.0 Å². The Hall–Kier alpha value is -1.04. The van der Waals surface area contributed by atoms with Gasteiger partial charge in [-0.15, -0.1) is 16.1 Å². The first-order valence-electron chi connectivity index (χ1n) is 3.00. The van der Waals surface area contributed by atoms with Gasteiger partial charge in [0.1, 0.15) is 0 Å². The van der Waals surface area contributed by atoms with Crippen molar-refractivity contribution >= 4 is 7.75 Å². The fraction of sp³-hybridized carbons (Fsp3) is 0.250. The molecule has 0 radical (unpaired) electrons. The van der Waals surface area contributed by atoms with Gasteiger partial charge in [-0.25, -0.2) is 4.57 Å². The number of nitrogens with zero attached hydrogens (tertiary/aromatic N) is 4. The molecule has 1 heterocycles. The minimum Gasteiger partial charge on any atom is -0.307 e. The molecule has 12 heavy (non-hydrogen) atoms. The molecule has 0 saturated heterocycles. The summed E-state index contributed by atoms with van der Waals surface area (Å²) in [6.07, 6.45) is 1.68. The second-order valence-electron chi connectivity index (χ2n) is 1.99. The maximum atomic E-state index is 10.7. The SMILES string of the molecule is C=CCc1nnnn1P(=O)(O)O. The Labute approximate surface area is 67.9 Å². The monoisotopic (exact) mass is 190 g/mol. The number of aromatic nitrogens is 4. The van der Waals surface area contributed by atoms with E-state index in [1.807, 2.05) is 0 Å². The average Bonchev–Trinajstić information content (AvgIpc) is 2.34.